The molecule has 0 fully saturated rings. The van der Waals surface area contributed by atoms with Crippen LogP contribution in [0, 0.1) is 0 Å². The molecule has 0 aliphatic carbocycles. The van der Waals surface area contributed by atoms with Crippen molar-refractivity contribution >= 4 is 31.9 Å². The molecule has 1 atom stereocenters. The van der Waals surface area contributed by atoms with Gasteiger partial charge in [-0.3, -0.25) is 0 Å². The van der Waals surface area contributed by atoms with E-state index in [4.69, 9.17) is 10.2 Å². The molecule has 0 bridgehead atoms. The van der Waals surface area contributed by atoms with Gasteiger partial charge in [0.1, 0.15) is 5.76 Å². The Bertz CT molecular complexity index is 450. The van der Waals surface area contributed by atoms with Gasteiger partial charge in [0.25, 0.3) is 0 Å². The van der Waals surface area contributed by atoms with E-state index in [-0.39, 0.29) is 6.04 Å². The van der Waals surface area contributed by atoms with Gasteiger partial charge in [-0.15, -0.1) is 0 Å². The van der Waals surface area contributed by atoms with Crippen molar-refractivity contribution in [3.05, 3.63) is 56.9 Å². The molecule has 2 N–H and O–H groups in total. The predicted molar refractivity (Wildman–Crippen MR) is 66.6 cm³/mol. The molecular formula is C11H9Br2NO. The Morgan fingerprint density at radius 1 is 1.00 bits per heavy atom. The maximum absolute atomic E-state index is 6.05. The second-order valence-electron chi connectivity index (χ2n) is 3.17. The van der Waals surface area contributed by atoms with Gasteiger partial charge in [0.15, 0.2) is 4.67 Å². The molecule has 4 heteroatoms. The molecule has 0 saturated heterocycles. The van der Waals surface area contributed by atoms with Gasteiger partial charge in [0.05, 0.1) is 6.04 Å². The molecule has 1 aromatic carbocycles. The Hall–Kier alpha value is -0.580. The van der Waals surface area contributed by atoms with Crippen LogP contribution in [0.3, 0.4) is 0 Å². The average molecular weight is 331 g/mol. The lowest BCUT2D eigenvalue weighted by Gasteiger charge is -2.08. The lowest BCUT2D eigenvalue weighted by Crippen LogP contribution is -2.10. The van der Waals surface area contributed by atoms with Crippen LogP contribution >= 0.6 is 31.9 Å². The number of benzene rings is 1. The van der Waals surface area contributed by atoms with Crippen LogP contribution in [0.2, 0.25) is 0 Å². The van der Waals surface area contributed by atoms with Gasteiger partial charge in [0, 0.05) is 4.47 Å². The summed E-state index contributed by atoms with van der Waals surface area (Å²) in [6, 6.07) is 11.4. The third-order valence-corrected chi connectivity index (χ3v) is 3.08. The summed E-state index contributed by atoms with van der Waals surface area (Å²) in [5, 5.41) is 0. The van der Waals surface area contributed by atoms with Crippen LogP contribution in [0.4, 0.5) is 0 Å². The Balaban J connectivity index is 2.28. The van der Waals surface area contributed by atoms with Crippen LogP contribution < -0.4 is 5.73 Å². The minimum atomic E-state index is -0.218. The summed E-state index contributed by atoms with van der Waals surface area (Å²) in [5.74, 6) is 0.754. The molecule has 1 heterocycles. The van der Waals surface area contributed by atoms with Gasteiger partial charge in [0.2, 0.25) is 0 Å². The topological polar surface area (TPSA) is 39.2 Å². The second-order valence-corrected chi connectivity index (χ2v) is 4.87. The lowest BCUT2D eigenvalue weighted by atomic mass is 10.1. The molecule has 0 aliphatic heterocycles. The smallest absolute Gasteiger partial charge is 0.169 e. The Morgan fingerprint density at radius 2 is 1.67 bits per heavy atom. The summed E-state index contributed by atoms with van der Waals surface area (Å²) >= 11 is 6.64. The number of hydrogen-bond acceptors (Lipinski definition) is 2. The molecule has 2 rings (SSSR count). The molecule has 1 unspecified atom stereocenters. The van der Waals surface area contributed by atoms with Crippen LogP contribution in [-0.4, -0.2) is 0 Å². The van der Waals surface area contributed by atoms with E-state index in [0.29, 0.717) is 4.67 Å². The first-order valence-electron chi connectivity index (χ1n) is 4.43. The van der Waals surface area contributed by atoms with E-state index in [1.165, 1.54) is 0 Å². The molecule has 2 nitrogen and oxygen atoms in total. The minimum absolute atomic E-state index is 0.218. The van der Waals surface area contributed by atoms with Crippen molar-refractivity contribution in [3.8, 4) is 0 Å². The summed E-state index contributed by atoms with van der Waals surface area (Å²) in [4.78, 5) is 0. The zero-order valence-corrected chi connectivity index (χ0v) is 11.0. The zero-order chi connectivity index (χ0) is 10.8. The van der Waals surface area contributed by atoms with Gasteiger partial charge < -0.3 is 10.2 Å². The fourth-order valence-electron chi connectivity index (χ4n) is 1.33. The standard InChI is InChI=1S/C11H9Br2NO/c12-8-3-1-7(2-4-8)11(14)9-5-6-10(13)15-9/h1-6,11H,14H2. The van der Waals surface area contributed by atoms with E-state index in [1.54, 1.807) is 0 Å². The van der Waals surface area contributed by atoms with Gasteiger partial charge in [-0.1, -0.05) is 28.1 Å². The number of furan rings is 1. The summed E-state index contributed by atoms with van der Waals surface area (Å²) in [6.45, 7) is 0. The molecule has 15 heavy (non-hydrogen) atoms. The number of halogens is 2. The summed E-state index contributed by atoms with van der Waals surface area (Å²) in [6.07, 6.45) is 0. The highest BCUT2D eigenvalue weighted by Crippen LogP contribution is 2.24. The van der Waals surface area contributed by atoms with Gasteiger partial charge in [-0.05, 0) is 45.8 Å². The van der Waals surface area contributed by atoms with Crippen LogP contribution in [0.1, 0.15) is 17.4 Å². The van der Waals surface area contributed by atoms with Gasteiger partial charge >= 0.3 is 0 Å². The van der Waals surface area contributed by atoms with Crippen molar-refractivity contribution in [3.63, 3.8) is 0 Å². The zero-order valence-electron chi connectivity index (χ0n) is 7.78. The van der Waals surface area contributed by atoms with Crippen LogP contribution in [-0.2, 0) is 0 Å². The van der Waals surface area contributed by atoms with Gasteiger partial charge in [-0.2, -0.15) is 0 Å². The molecule has 0 spiro atoms. The Kier molecular flexibility index (Phi) is 3.29. The van der Waals surface area contributed by atoms with Crippen LogP contribution in [0.25, 0.3) is 0 Å². The SMILES string of the molecule is NC(c1ccc(Br)cc1)c1ccc(Br)o1. The number of nitrogens with two attached hydrogens (primary N) is 1. The Labute approximate surface area is 105 Å². The highest BCUT2D eigenvalue weighted by Gasteiger charge is 2.12. The fourth-order valence-corrected chi connectivity index (χ4v) is 1.91. The maximum Gasteiger partial charge on any atom is 0.169 e. The largest absolute Gasteiger partial charge is 0.452 e. The summed E-state index contributed by atoms with van der Waals surface area (Å²) in [7, 11) is 0. The van der Waals surface area contributed by atoms with E-state index in [9.17, 15) is 0 Å². The summed E-state index contributed by atoms with van der Waals surface area (Å²) in [5.41, 5.74) is 7.08. The van der Waals surface area contributed by atoms with Crippen molar-refractivity contribution in [2.45, 2.75) is 6.04 Å². The fraction of sp³-hybridized carbons (Fsp3) is 0.0909. The second kappa shape index (κ2) is 4.51. The first kappa shape index (κ1) is 10.9. The van der Waals surface area contributed by atoms with E-state index in [2.05, 4.69) is 31.9 Å². The first-order valence-corrected chi connectivity index (χ1v) is 6.01. The average Bonchev–Trinajstić information content (AvgIpc) is 2.65. The van der Waals surface area contributed by atoms with Crippen molar-refractivity contribution < 1.29 is 4.42 Å². The quantitative estimate of drug-likeness (QED) is 0.908. The van der Waals surface area contributed by atoms with Crippen LogP contribution in [0.15, 0.2) is 50.0 Å². The van der Waals surface area contributed by atoms with Crippen molar-refractivity contribution in [1.82, 2.24) is 0 Å². The van der Waals surface area contributed by atoms with Crippen LogP contribution in [0.5, 0.6) is 0 Å². The highest BCUT2D eigenvalue weighted by atomic mass is 79.9. The van der Waals surface area contributed by atoms with E-state index < -0.39 is 0 Å². The molecule has 0 aliphatic rings. The normalized spacial score (nSPS) is 12.7. The molecule has 78 valence electrons. The molecular weight excluding hydrogens is 322 g/mol. The minimum Gasteiger partial charge on any atom is -0.452 e. The number of hydrogen-bond donors (Lipinski definition) is 1. The van der Waals surface area contributed by atoms with E-state index >= 15 is 0 Å². The molecule has 0 radical (unpaired) electrons. The monoisotopic (exact) mass is 329 g/mol. The third kappa shape index (κ3) is 2.51. The Morgan fingerprint density at radius 3 is 2.20 bits per heavy atom. The van der Waals surface area contributed by atoms with Crippen molar-refractivity contribution in [2.24, 2.45) is 5.73 Å². The summed E-state index contributed by atoms with van der Waals surface area (Å²) < 4.78 is 7.15. The van der Waals surface area contributed by atoms with E-state index in [1.807, 2.05) is 36.4 Å². The molecule has 2 aromatic rings. The van der Waals surface area contributed by atoms with Crippen molar-refractivity contribution in [2.75, 3.05) is 0 Å². The molecule has 0 saturated carbocycles. The molecule has 1 aromatic heterocycles. The third-order valence-electron chi connectivity index (χ3n) is 2.13. The predicted octanol–water partition coefficient (Wildman–Crippen LogP) is 3.85. The van der Waals surface area contributed by atoms with Gasteiger partial charge in [-0.25, -0.2) is 0 Å². The first-order chi connectivity index (χ1) is 7.16. The van der Waals surface area contributed by atoms with E-state index in [0.717, 1.165) is 15.8 Å². The maximum atomic E-state index is 6.05. The lowest BCUT2D eigenvalue weighted by molar-refractivity contribution is 0.470. The van der Waals surface area contributed by atoms with Crippen molar-refractivity contribution in [1.29, 1.82) is 0 Å². The molecule has 0 amide bonds. The number of rotatable bonds is 2. The highest BCUT2D eigenvalue weighted by molar-refractivity contribution is 9.10.